The van der Waals surface area contributed by atoms with Crippen LogP contribution in [0.1, 0.15) is 44.9 Å². The summed E-state index contributed by atoms with van der Waals surface area (Å²) in [6.45, 7) is 4.48. The van der Waals surface area contributed by atoms with Crippen molar-refractivity contribution in [2.45, 2.75) is 57.0 Å². The second-order valence-electron chi connectivity index (χ2n) is 7.72. The monoisotopic (exact) mass is 340 g/mol. The molecule has 2 rings (SSSR count). The standard InChI is InChI=1S/C18H36N4O2/c1-21(2)12-13-22-10-8-16(9-11-22)19-18(24)20-17-7-5-3-4-6-15(17)14-23/h15-17,23H,3-14H2,1-2H3,(H2,19,20,24). The SMILES string of the molecule is CN(C)CCN1CCC(NC(=O)NC2CCCCCC2CO)CC1. The molecule has 2 amide bonds. The molecular weight excluding hydrogens is 304 g/mol. The average molecular weight is 341 g/mol. The summed E-state index contributed by atoms with van der Waals surface area (Å²) in [5.74, 6) is 0.214. The van der Waals surface area contributed by atoms with Gasteiger partial charge in [-0.05, 0) is 39.8 Å². The van der Waals surface area contributed by atoms with Gasteiger partial charge in [-0.25, -0.2) is 4.79 Å². The number of carbonyl (C=O) groups is 1. The zero-order valence-electron chi connectivity index (χ0n) is 15.5. The second-order valence-corrected chi connectivity index (χ2v) is 7.72. The number of likely N-dealkylation sites (tertiary alicyclic amines) is 1. The lowest BCUT2D eigenvalue weighted by atomic mass is 9.96. The Morgan fingerprint density at radius 3 is 2.46 bits per heavy atom. The van der Waals surface area contributed by atoms with Gasteiger partial charge in [-0.1, -0.05) is 19.3 Å². The predicted octanol–water partition coefficient (Wildman–Crippen LogP) is 1.25. The smallest absolute Gasteiger partial charge is 0.315 e. The molecule has 2 fully saturated rings. The molecule has 140 valence electrons. The molecule has 0 aromatic heterocycles. The van der Waals surface area contributed by atoms with Crippen molar-refractivity contribution < 1.29 is 9.90 Å². The number of likely N-dealkylation sites (N-methyl/N-ethyl adjacent to an activating group) is 1. The summed E-state index contributed by atoms with van der Waals surface area (Å²) in [6.07, 6.45) is 7.57. The number of hydrogen-bond acceptors (Lipinski definition) is 4. The van der Waals surface area contributed by atoms with Gasteiger partial charge in [-0.2, -0.15) is 0 Å². The Balaban J connectivity index is 1.69. The average Bonchev–Trinajstić information content (AvgIpc) is 2.79. The molecule has 1 heterocycles. The van der Waals surface area contributed by atoms with Crippen molar-refractivity contribution in [1.29, 1.82) is 0 Å². The van der Waals surface area contributed by atoms with Crippen LogP contribution >= 0.6 is 0 Å². The van der Waals surface area contributed by atoms with E-state index < -0.39 is 0 Å². The minimum absolute atomic E-state index is 0.0490. The first-order chi connectivity index (χ1) is 11.6. The Morgan fingerprint density at radius 2 is 1.79 bits per heavy atom. The second kappa shape index (κ2) is 10.2. The maximum atomic E-state index is 12.3. The highest BCUT2D eigenvalue weighted by molar-refractivity contribution is 5.74. The number of aliphatic hydroxyl groups excluding tert-OH is 1. The molecule has 2 aliphatic rings. The van der Waals surface area contributed by atoms with Crippen LogP contribution in [-0.4, -0.2) is 79.9 Å². The number of rotatable bonds is 6. The van der Waals surface area contributed by atoms with Gasteiger partial charge in [0.15, 0.2) is 0 Å². The summed E-state index contributed by atoms with van der Waals surface area (Å²) >= 11 is 0. The van der Waals surface area contributed by atoms with Gasteiger partial charge in [0.1, 0.15) is 0 Å². The molecule has 2 unspecified atom stereocenters. The van der Waals surface area contributed by atoms with Crippen LogP contribution in [0, 0.1) is 5.92 Å². The third kappa shape index (κ3) is 6.57. The van der Waals surface area contributed by atoms with Gasteiger partial charge in [-0.3, -0.25) is 0 Å². The third-order valence-corrected chi connectivity index (χ3v) is 5.50. The number of piperidine rings is 1. The maximum absolute atomic E-state index is 12.3. The molecule has 1 saturated carbocycles. The Kier molecular flexibility index (Phi) is 8.29. The summed E-state index contributed by atoms with van der Waals surface area (Å²) in [5.41, 5.74) is 0. The number of hydrogen-bond donors (Lipinski definition) is 3. The van der Waals surface area contributed by atoms with Gasteiger partial charge < -0.3 is 25.5 Å². The topological polar surface area (TPSA) is 67.8 Å². The van der Waals surface area contributed by atoms with Crippen molar-refractivity contribution in [3.63, 3.8) is 0 Å². The highest BCUT2D eigenvalue weighted by atomic mass is 16.3. The molecule has 24 heavy (non-hydrogen) atoms. The van der Waals surface area contributed by atoms with Crippen LogP contribution in [0.4, 0.5) is 4.79 Å². The molecule has 0 radical (unpaired) electrons. The number of urea groups is 1. The maximum Gasteiger partial charge on any atom is 0.315 e. The molecule has 1 aliphatic heterocycles. The van der Waals surface area contributed by atoms with Gasteiger partial charge in [0.2, 0.25) is 0 Å². The van der Waals surface area contributed by atoms with Gasteiger partial charge in [0.25, 0.3) is 0 Å². The number of nitrogens with one attached hydrogen (secondary N) is 2. The van der Waals surface area contributed by atoms with E-state index in [1.807, 2.05) is 0 Å². The third-order valence-electron chi connectivity index (χ3n) is 5.50. The van der Waals surface area contributed by atoms with Crippen molar-refractivity contribution in [1.82, 2.24) is 20.4 Å². The van der Waals surface area contributed by atoms with E-state index in [4.69, 9.17) is 0 Å². The number of carbonyl (C=O) groups excluding carboxylic acids is 1. The first-order valence-electron chi connectivity index (χ1n) is 9.63. The Morgan fingerprint density at radius 1 is 1.08 bits per heavy atom. The summed E-state index contributed by atoms with van der Waals surface area (Å²) in [6, 6.07) is 0.351. The quantitative estimate of drug-likeness (QED) is 0.637. The molecule has 6 heteroatoms. The van der Waals surface area contributed by atoms with Crippen LogP contribution in [0.3, 0.4) is 0 Å². The molecule has 6 nitrogen and oxygen atoms in total. The van der Waals surface area contributed by atoms with Crippen LogP contribution in [0.5, 0.6) is 0 Å². The molecule has 2 atom stereocenters. The van der Waals surface area contributed by atoms with Crippen LogP contribution < -0.4 is 10.6 Å². The minimum Gasteiger partial charge on any atom is -0.396 e. The van der Waals surface area contributed by atoms with Crippen LogP contribution in [0.15, 0.2) is 0 Å². The lowest BCUT2D eigenvalue weighted by molar-refractivity contribution is 0.168. The van der Waals surface area contributed by atoms with Crippen LogP contribution in [0.2, 0.25) is 0 Å². The highest BCUT2D eigenvalue weighted by Crippen LogP contribution is 2.23. The lowest BCUT2D eigenvalue weighted by Gasteiger charge is -2.33. The van der Waals surface area contributed by atoms with E-state index in [1.165, 1.54) is 6.42 Å². The van der Waals surface area contributed by atoms with Gasteiger partial charge in [0, 0.05) is 50.8 Å². The highest BCUT2D eigenvalue weighted by Gasteiger charge is 2.26. The largest absolute Gasteiger partial charge is 0.396 e. The molecule has 0 bridgehead atoms. The normalized spacial score (nSPS) is 27.0. The Bertz CT molecular complexity index is 370. The first-order valence-corrected chi connectivity index (χ1v) is 9.63. The lowest BCUT2D eigenvalue weighted by Crippen LogP contribution is -2.52. The van der Waals surface area contributed by atoms with Gasteiger partial charge in [-0.15, -0.1) is 0 Å². The van der Waals surface area contributed by atoms with E-state index in [0.717, 1.165) is 64.7 Å². The molecule has 1 saturated heterocycles. The van der Waals surface area contributed by atoms with E-state index in [9.17, 15) is 9.90 Å². The fourth-order valence-corrected chi connectivity index (χ4v) is 3.83. The van der Waals surface area contributed by atoms with E-state index in [-0.39, 0.29) is 30.6 Å². The summed E-state index contributed by atoms with van der Waals surface area (Å²) < 4.78 is 0. The van der Waals surface area contributed by atoms with Crippen molar-refractivity contribution in [3.8, 4) is 0 Å². The molecule has 1 aliphatic carbocycles. The first kappa shape index (κ1) is 19.5. The number of amides is 2. The minimum atomic E-state index is -0.0490. The molecule has 0 aromatic rings. The zero-order chi connectivity index (χ0) is 17.4. The van der Waals surface area contributed by atoms with E-state index in [2.05, 4.69) is 34.5 Å². The summed E-state index contributed by atoms with van der Waals surface area (Å²) in [7, 11) is 4.21. The van der Waals surface area contributed by atoms with Gasteiger partial charge >= 0.3 is 6.03 Å². The Hall–Kier alpha value is -0.850. The van der Waals surface area contributed by atoms with Crippen molar-refractivity contribution >= 4 is 6.03 Å². The van der Waals surface area contributed by atoms with Crippen molar-refractivity contribution in [3.05, 3.63) is 0 Å². The zero-order valence-corrected chi connectivity index (χ0v) is 15.5. The molecule has 0 spiro atoms. The summed E-state index contributed by atoms with van der Waals surface area (Å²) in [4.78, 5) is 17.0. The fraction of sp³-hybridized carbons (Fsp3) is 0.944. The fourth-order valence-electron chi connectivity index (χ4n) is 3.83. The van der Waals surface area contributed by atoms with E-state index in [1.54, 1.807) is 0 Å². The Labute approximate surface area is 147 Å². The van der Waals surface area contributed by atoms with E-state index in [0.29, 0.717) is 0 Å². The predicted molar refractivity (Wildman–Crippen MR) is 97.1 cm³/mol. The molecule has 0 aromatic carbocycles. The van der Waals surface area contributed by atoms with Crippen molar-refractivity contribution in [2.75, 3.05) is 46.9 Å². The number of nitrogens with zero attached hydrogens (tertiary/aromatic N) is 2. The van der Waals surface area contributed by atoms with Crippen molar-refractivity contribution in [2.24, 2.45) is 5.92 Å². The summed E-state index contributed by atoms with van der Waals surface area (Å²) in [5, 5.41) is 15.8. The van der Waals surface area contributed by atoms with Crippen LogP contribution in [-0.2, 0) is 0 Å². The number of aliphatic hydroxyl groups is 1. The molecule has 3 N–H and O–H groups in total. The van der Waals surface area contributed by atoms with Gasteiger partial charge in [0.05, 0.1) is 0 Å². The van der Waals surface area contributed by atoms with Crippen LogP contribution in [0.25, 0.3) is 0 Å². The van der Waals surface area contributed by atoms with E-state index >= 15 is 0 Å². The molecular formula is C18H36N4O2.